The van der Waals surface area contributed by atoms with E-state index in [-0.39, 0.29) is 22.9 Å². The first-order chi connectivity index (χ1) is 15.5. The summed E-state index contributed by atoms with van der Waals surface area (Å²) in [6, 6.07) is 5.36. The Morgan fingerprint density at radius 1 is 1.09 bits per heavy atom. The van der Waals surface area contributed by atoms with Crippen molar-refractivity contribution in [1.29, 1.82) is 0 Å². The molecule has 0 fully saturated rings. The number of carbonyl (C=O) groups excluding carboxylic acids is 1. The second kappa shape index (κ2) is 10.0. The molecule has 1 amide bonds. The summed E-state index contributed by atoms with van der Waals surface area (Å²) >= 11 is -5.02. The van der Waals surface area contributed by atoms with Gasteiger partial charge in [0.15, 0.2) is 0 Å². The van der Waals surface area contributed by atoms with Gasteiger partial charge in [0.25, 0.3) is 20.2 Å². The number of rotatable bonds is 5. The van der Waals surface area contributed by atoms with E-state index in [1.807, 2.05) is 0 Å². The summed E-state index contributed by atoms with van der Waals surface area (Å²) in [5, 5.41) is 20.2. The zero-order chi connectivity index (χ0) is 25.9. The number of phenolic OH excluding ortho intramolecular Hbond substituents is 1. The van der Waals surface area contributed by atoms with E-state index in [1.54, 1.807) is 12.2 Å². The van der Waals surface area contributed by atoms with Gasteiger partial charge in [-0.05, 0) is 18.2 Å². The van der Waals surface area contributed by atoms with Crippen molar-refractivity contribution in [2.45, 2.75) is 27.5 Å². The molecule has 0 saturated carbocycles. The van der Waals surface area contributed by atoms with Crippen LogP contribution in [0.5, 0.6) is 5.75 Å². The number of allylic oxidation sites excluding steroid dienone is 2. The SMILES string of the molecule is CC(=O)NC1([As](=O)(O)OO)C=CC=CC1.O=S(=O)(O)c1cc(S(=O)(=O)O)c2cccc(O)c2c1. The molecule has 16 heteroatoms. The van der Waals surface area contributed by atoms with Gasteiger partial charge in [-0.15, -0.1) is 0 Å². The molecule has 3 rings (SSSR count). The summed E-state index contributed by atoms with van der Waals surface area (Å²) < 4.78 is 85.9. The molecular formula is C18H20AsNO12S2. The van der Waals surface area contributed by atoms with Crippen LogP contribution in [0.4, 0.5) is 0 Å². The molecule has 0 aliphatic heterocycles. The second-order valence-electron chi connectivity index (χ2n) is 6.94. The summed E-state index contributed by atoms with van der Waals surface area (Å²) in [5.74, 6) is -0.851. The van der Waals surface area contributed by atoms with Crippen LogP contribution in [0.1, 0.15) is 13.3 Å². The Bertz CT molecular complexity index is 1430. The van der Waals surface area contributed by atoms with E-state index < -0.39 is 54.4 Å². The summed E-state index contributed by atoms with van der Waals surface area (Å²) in [6.45, 7) is 1.22. The third kappa shape index (κ3) is 6.14. The smallest absolute Gasteiger partial charge is 0.295 e. The summed E-state index contributed by atoms with van der Waals surface area (Å²) in [5.41, 5.74) is 0. The van der Waals surface area contributed by atoms with E-state index in [2.05, 4.69) is 9.19 Å². The van der Waals surface area contributed by atoms with Crippen molar-refractivity contribution < 1.29 is 52.8 Å². The van der Waals surface area contributed by atoms with Crippen LogP contribution >= 0.6 is 0 Å². The van der Waals surface area contributed by atoms with Gasteiger partial charge < -0.3 is 5.11 Å². The minimum Gasteiger partial charge on any atom is -0.507 e. The number of fused-ring (bicyclic) bond motifs is 1. The van der Waals surface area contributed by atoms with Crippen LogP contribution in [0.2, 0.25) is 0 Å². The van der Waals surface area contributed by atoms with Gasteiger partial charge in [-0.25, -0.2) is 0 Å². The van der Waals surface area contributed by atoms with Crippen molar-refractivity contribution >= 4 is 51.1 Å². The Labute approximate surface area is 196 Å². The van der Waals surface area contributed by atoms with E-state index in [0.717, 1.165) is 6.07 Å². The first-order valence-corrected chi connectivity index (χ1v) is 15.2. The molecule has 0 saturated heterocycles. The van der Waals surface area contributed by atoms with Crippen LogP contribution in [0.25, 0.3) is 10.8 Å². The van der Waals surface area contributed by atoms with Crippen molar-refractivity contribution in [3.8, 4) is 5.75 Å². The van der Waals surface area contributed by atoms with Crippen LogP contribution < -0.4 is 5.32 Å². The van der Waals surface area contributed by atoms with Crippen molar-refractivity contribution in [2.75, 3.05) is 0 Å². The molecule has 0 bridgehead atoms. The van der Waals surface area contributed by atoms with E-state index in [9.17, 15) is 34.6 Å². The number of amides is 1. The van der Waals surface area contributed by atoms with Crippen LogP contribution in [-0.2, 0) is 32.6 Å². The minimum absolute atomic E-state index is 0.0603. The average molecular weight is 581 g/mol. The van der Waals surface area contributed by atoms with Gasteiger partial charge in [0, 0.05) is 10.8 Å². The molecule has 34 heavy (non-hydrogen) atoms. The van der Waals surface area contributed by atoms with Gasteiger partial charge in [0.1, 0.15) is 10.6 Å². The van der Waals surface area contributed by atoms with Gasteiger partial charge in [-0.3, -0.25) is 9.11 Å². The number of phenols is 1. The van der Waals surface area contributed by atoms with Gasteiger partial charge in [0.05, 0.1) is 4.90 Å². The molecule has 2 aromatic rings. The minimum atomic E-state index is -5.02. The number of aromatic hydroxyl groups is 1. The Morgan fingerprint density at radius 3 is 2.21 bits per heavy atom. The summed E-state index contributed by atoms with van der Waals surface area (Å²) in [6.07, 6.45) is 6.26. The summed E-state index contributed by atoms with van der Waals surface area (Å²) in [7, 11) is -9.40. The van der Waals surface area contributed by atoms with Crippen molar-refractivity contribution in [3.63, 3.8) is 0 Å². The van der Waals surface area contributed by atoms with Crippen LogP contribution in [-0.4, -0.2) is 64.8 Å². The molecule has 2 unspecified atom stereocenters. The normalized spacial score (nSPS) is 19.7. The monoisotopic (exact) mass is 581 g/mol. The topological polar surface area (TPSA) is 225 Å². The first-order valence-electron chi connectivity index (χ1n) is 9.04. The maximum absolute atomic E-state index is 11.6. The zero-order valence-corrected chi connectivity index (χ0v) is 20.8. The molecule has 0 spiro atoms. The third-order valence-corrected chi connectivity index (χ3v) is 9.78. The Balaban J connectivity index is 0.000000248. The number of hydrogen-bond donors (Lipinski definition) is 6. The fourth-order valence-corrected chi connectivity index (χ4v) is 6.59. The molecule has 0 heterocycles. The predicted octanol–water partition coefficient (Wildman–Crippen LogP) is 0.807. The standard InChI is InChI=1S/C10H8O7S2.C8H12AsNO5/c11-9-3-1-2-7-8(9)4-6(18(12,13)14)5-10(7)19(15,16)17;1-7(11)10-8(9(12,13)15-14)5-3-2-4-6-8/h1-5,11H,(H,12,13,14)(H,15,16,17);2-5,14H,6H2,1H3,(H,10,11)(H,12,13). The van der Waals surface area contributed by atoms with Crippen molar-refractivity contribution in [1.82, 2.24) is 5.32 Å². The van der Waals surface area contributed by atoms with Crippen LogP contribution in [0.3, 0.4) is 0 Å². The van der Waals surface area contributed by atoms with Crippen LogP contribution in [0.15, 0.2) is 64.4 Å². The van der Waals surface area contributed by atoms with E-state index >= 15 is 0 Å². The van der Waals surface area contributed by atoms with E-state index in [0.29, 0.717) is 6.07 Å². The average Bonchev–Trinajstić information content (AvgIpc) is 2.72. The molecule has 0 radical (unpaired) electrons. The molecule has 2 atom stereocenters. The van der Waals surface area contributed by atoms with E-state index in [1.165, 1.54) is 37.3 Å². The zero-order valence-electron chi connectivity index (χ0n) is 17.3. The molecule has 0 aromatic heterocycles. The number of hydrogen-bond acceptors (Lipinski definition) is 9. The van der Waals surface area contributed by atoms with Gasteiger partial charge in [-0.1, -0.05) is 12.1 Å². The molecule has 1 aliphatic rings. The van der Waals surface area contributed by atoms with Crippen molar-refractivity contribution in [3.05, 3.63) is 54.6 Å². The second-order valence-corrected chi connectivity index (χ2v) is 14.0. The first kappa shape index (κ1) is 27.8. The number of nitrogens with one attached hydrogen (secondary N) is 1. The van der Waals surface area contributed by atoms with Gasteiger partial charge in [-0.2, -0.15) is 16.8 Å². The maximum Gasteiger partial charge on any atom is 0.295 e. The molecule has 6 N–H and O–H groups in total. The predicted molar refractivity (Wildman–Crippen MR) is 117 cm³/mol. The molecule has 13 nitrogen and oxygen atoms in total. The number of benzene rings is 2. The quantitative estimate of drug-likeness (QED) is 0.125. The molecular weight excluding hydrogens is 561 g/mol. The fourth-order valence-electron chi connectivity index (χ4n) is 3.03. The van der Waals surface area contributed by atoms with Gasteiger partial charge in [0.2, 0.25) is 0 Å². The molecule has 1 aliphatic carbocycles. The van der Waals surface area contributed by atoms with Crippen LogP contribution in [0, 0.1) is 0 Å². The number of carbonyl (C=O) groups is 1. The Morgan fingerprint density at radius 2 is 1.74 bits per heavy atom. The third-order valence-electron chi connectivity index (χ3n) is 4.54. The fraction of sp³-hybridized carbons (Fsp3) is 0.167. The summed E-state index contributed by atoms with van der Waals surface area (Å²) in [4.78, 5) is 9.50. The largest absolute Gasteiger partial charge is 0.507 e. The molecule has 2 aromatic carbocycles. The molecule has 186 valence electrons. The Kier molecular flexibility index (Phi) is 8.17. The van der Waals surface area contributed by atoms with Crippen molar-refractivity contribution in [2.24, 2.45) is 0 Å². The maximum atomic E-state index is 11.6. The Hall–Kier alpha value is -2.49. The van der Waals surface area contributed by atoms with Gasteiger partial charge >= 0.3 is 89.1 Å². The van der Waals surface area contributed by atoms with E-state index in [4.69, 9.17) is 14.4 Å².